The number of aryl methyl sites for hydroxylation is 1. The van der Waals surface area contributed by atoms with E-state index in [1.165, 1.54) is 0 Å². The number of nitrogens with zero attached hydrogens (tertiary/aromatic N) is 1. The molecule has 0 saturated carbocycles. The molecule has 17 heavy (non-hydrogen) atoms. The van der Waals surface area contributed by atoms with Gasteiger partial charge in [-0.3, -0.25) is 0 Å². The van der Waals surface area contributed by atoms with E-state index in [0.29, 0.717) is 0 Å². The first-order valence-corrected chi connectivity index (χ1v) is 6.72. The van der Waals surface area contributed by atoms with Crippen LogP contribution in [0.25, 0.3) is 0 Å². The fourth-order valence-corrected chi connectivity index (χ4v) is 1.84. The van der Waals surface area contributed by atoms with Gasteiger partial charge in [0.05, 0.1) is 5.69 Å². The van der Waals surface area contributed by atoms with E-state index in [1.807, 2.05) is 19.1 Å². The molecule has 0 saturated heterocycles. The summed E-state index contributed by atoms with van der Waals surface area (Å²) in [5.74, 6) is 0.905. The minimum Gasteiger partial charge on any atom is -0.396 e. The largest absolute Gasteiger partial charge is 0.396 e. The monoisotopic (exact) mass is 300 g/mol. The van der Waals surface area contributed by atoms with Gasteiger partial charge in [-0.25, -0.2) is 4.98 Å². The third-order valence-electron chi connectivity index (χ3n) is 2.78. The molecule has 3 nitrogen and oxygen atoms in total. The van der Waals surface area contributed by atoms with Crippen LogP contribution in [0.1, 0.15) is 32.4 Å². The highest BCUT2D eigenvalue weighted by Gasteiger charge is 2.17. The van der Waals surface area contributed by atoms with Gasteiger partial charge in [0.1, 0.15) is 5.82 Å². The summed E-state index contributed by atoms with van der Waals surface area (Å²) in [4.78, 5) is 4.45. The fourth-order valence-electron chi connectivity index (χ4n) is 1.62. The Morgan fingerprint density at radius 2 is 2.12 bits per heavy atom. The molecule has 0 aliphatic rings. The molecule has 0 radical (unpaired) electrons. The molecule has 0 unspecified atom stereocenters. The Hall–Kier alpha value is -0.610. The molecular formula is C13H21BrN2O. The van der Waals surface area contributed by atoms with E-state index in [9.17, 15) is 0 Å². The van der Waals surface area contributed by atoms with Crippen LogP contribution in [0.15, 0.2) is 16.6 Å². The smallest absolute Gasteiger partial charge is 0.126 e. The lowest BCUT2D eigenvalue weighted by Gasteiger charge is -2.25. The van der Waals surface area contributed by atoms with Gasteiger partial charge >= 0.3 is 0 Å². The average Bonchev–Trinajstić information content (AvgIpc) is 2.28. The van der Waals surface area contributed by atoms with Gasteiger partial charge in [-0.15, -0.1) is 0 Å². The quantitative estimate of drug-likeness (QED) is 0.847. The van der Waals surface area contributed by atoms with Crippen molar-refractivity contribution in [2.24, 2.45) is 5.41 Å². The Labute approximate surface area is 112 Å². The van der Waals surface area contributed by atoms with Crippen molar-refractivity contribution >= 4 is 21.7 Å². The summed E-state index contributed by atoms with van der Waals surface area (Å²) in [5.41, 5.74) is 1.16. The molecule has 0 aliphatic heterocycles. The van der Waals surface area contributed by atoms with Crippen molar-refractivity contribution in [3.05, 3.63) is 22.3 Å². The molecule has 0 fully saturated rings. The Morgan fingerprint density at radius 1 is 1.41 bits per heavy atom. The first-order chi connectivity index (χ1) is 7.94. The summed E-state index contributed by atoms with van der Waals surface area (Å²) in [6, 6.07) is 3.98. The average molecular weight is 301 g/mol. The van der Waals surface area contributed by atoms with Gasteiger partial charge in [0.15, 0.2) is 0 Å². The van der Waals surface area contributed by atoms with E-state index in [2.05, 4.69) is 40.1 Å². The zero-order valence-corrected chi connectivity index (χ0v) is 12.3. The number of rotatable bonds is 6. The van der Waals surface area contributed by atoms with Crippen molar-refractivity contribution in [3.63, 3.8) is 0 Å². The number of aromatic nitrogens is 1. The van der Waals surface area contributed by atoms with Crippen LogP contribution in [0, 0.1) is 12.3 Å². The van der Waals surface area contributed by atoms with E-state index in [0.717, 1.165) is 35.4 Å². The second kappa shape index (κ2) is 6.36. The van der Waals surface area contributed by atoms with Crippen LogP contribution in [-0.4, -0.2) is 23.2 Å². The number of nitrogens with one attached hydrogen (secondary N) is 1. The second-order valence-electron chi connectivity index (χ2n) is 5.11. The molecule has 4 heteroatoms. The molecule has 2 N–H and O–H groups in total. The van der Waals surface area contributed by atoms with Gasteiger partial charge in [0, 0.05) is 17.6 Å². The molecule has 1 aromatic rings. The van der Waals surface area contributed by atoms with E-state index >= 15 is 0 Å². The van der Waals surface area contributed by atoms with Crippen LogP contribution < -0.4 is 5.32 Å². The SMILES string of the molecule is Cc1nc(NCC(C)(C)CCCO)ccc1Br. The Morgan fingerprint density at radius 3 is 2.71 bits per heavy atom. The number of aliphatic hydroxyl groups excluding tert-OH is 1. The van der Waals surface area contributed by atoms with Crippen molar-refractivity contribution in [2.45, 2.75) is 33.6 Å². The standard InChI is InChI=1S/C13H21BrN2O/c1-10-11(14)5-6-12(16-10)15-9-13(2,3)7-4-8-17/h5-6,17H,4,7-9H2,1-3H3,(H,15,16). The van der Waals surface area contributed by atoms with Gasteiger partial charge < -0.3 is 10.4 Å². The number of hydrogen-bond donors (Lipinski definition) is 2. The molecule has 0 spiro atoms. The Kier molecular flexibility index (Phi) is 5.40. The third-order valence-corrected chi connectivity index (χ3v) is 3.62. The lowest BCUT2D eigenvalue weighted by atomic mass is 9.88. The molecule has 0 amide bonds. The Balaban J connectivity index is 2.51. The summed E-state index contributed by atoms with van der Waals surface area (Å²) < 4.78 is 1.03. The van der Waals surface area contributed by atoms with Gasteiger partial charge in [0.25, 0.3) is 0 Å². The molecule has 1 rings (SSSR count). The van der Waals surface area contributed by atoms with Gasteiger partial charge in [-0.1, -0.05) is 13.8 Å². The zero-order chi connectivity index (χ0) is 12.9. The molecular weight excluding hydrogens is 280 g/mol. The van der Waals surface area contributed by atoms with Crippen molar-refractivity contribution in [1.82, 2.24) is 4.98 Å². The number of aliphatic hydroxyl groups is 1. The first-order valence-electron chi connectivity index (χ1n) is 5.92. The number of anilines is 1. The minimum atomic E-state index is 0.172. The maximum atomic E-state index is 8.84. The molecule has 0 aliphatic carbocycles. The van der Waals surface area contributed by atoms with Gasteiger partial charge in [0.2, 0.25) is 0 Å². The van der Waals surface area contributed by atoms with Crippen LogP contribution in [0.5, 0.6) is 0 Å². The van der Waals surface area contributed by atoms with Gasteiger partial charge in [-0.2, -0.15) is 0 Å². The molecule has 1 heterocycles. The van der Waals surface area contributed by atoms with Crippen molar-refractivity contribution in [3.8, 4) is 0 Å². The van der Waals surface area contributed by atoms with Gasteiger partial charge in [-0.05, 0) is 53.2 Å². The van der Waals surface area contributed by atoms with E-state index < -0.39 is 0 Å². The lowest BCUT2D eigenvalue weighted by molar-refractivity contribution is 0.248. The summed E-state index contributed by atoms with van der Waals surface area (Å²) >= 11 is 3.44. The van der Waals surface area contributed by atoms with Crippen LogP contribution in [0.2, 0.25) is 0 Å². The topological polar surface area (TPSA) is 45.2 Å². The number of hydrogen-bond acceptors (Lipinski definition) is 3. The Bertz CT molecular complexity index is 366. The van der Waals surface area contributed by atoms with E-state index in [4.69, 9.17) is 5.11 Å². The molecule has 96 valence electrons. The number of pyridine rings is 1. The summed E-state index contributed by atoms with van der Waals surface area (Å²) in [6.07, 6.45) is 1.85. The first kappa shape index (κ1) is 14.5. The zero-order valence-electron chi connectivity index (χ0n) is 10.8. The van der Waals surface area contributed by atoms with Crippen LogP contribution in [0.3, 0.4) is 0 Å². The minimum absolute atomic E-state index is 0.172. The van der Waals surface area contributed by atoms with Crippen molar-refractivity contribution in [1.29, 1.82) is 0 Å². The highest BCUT2D eigenvalue weighted by atomic mass is 79.9. The number of halogens is 1. The predicted molar refractivity (Wildman–Crippen MR) is 75.3 cm³/mol. The summed E-state index contributed by atoms with van der Waals surface area (Å²) in [6.45, 7) is 7.50. The highest BCUT2D eigenvalue weighted by Crippen LogP contribution is 2.23. The highest BCUT2D eigenvalue weighted by molar-refractivity contribution is 9.10. The fraction of sp³-hybridized carbons (Fsp3) is 0.615. The normalized spacial score (nSPS) is 11.6. The van der Waals surface area contributed by atoms with Crippen LogP contribution in [-0.2, 0) is 0 Å². The second-order valence-corrected chi connectivity index (χ2v) is 5.96. The molecule has 0 atom stereocenters. The van der Waals surface area contributed by atoms with Crippen LogP contribution in [0.4, 0.5) is 5.82 Å². The third kappa shape index (κ3) is 5.04. The molecule has 0 aromatic carbocycles. The summed E-state index contributed by atoms with van der Waals surface area (Å²) in [7, 11) is 0. The maximum Gasteiger partial charge on any atom is 0.126 e. The predicted octanol–water partition coefficient (Wildman–Crippen LogP) is 3.36. The molecule has 0 bridgehead atoms. The van der Waals surface area contributed by atoms with Crippen molar-refractivity contribution < 1.29 is 5.11 Å². The lowest BCUT2D eigenvalue weighted by Crippen LogP contribution is -2.23. The van der Waals surface area contributed by atoms with Crippen LogP contribution >= 0.6 is 15.9 Å². The van der Waals surface area contributed by atoms with E-state index in [-0.39, 0.29) is 12.0 Å². The molecule has 1 aromatic heterocycles. The maximum absolute atomic E-state index is 8.84. The summed E-state index contributed by atoms with van der Waals surface area (Å²) in [5, 5.41) is 12.2. The van der Waals surface area contributed by atoms with E-state index in [1.54, 1.807) is 0 Å². The van der Waals surface area contributed by atoms with Crippen molar-refractivity contribution in [2.75, 3.05) is 18.5 Å².